The molecule has 1 aliphatic heterocycles. The quantitative estimate of drug-likeness (QED) is 0.450. The van der Waals surface area contributed by atoms with Gasteiger partial charge in [-0.05, 0) is 55.4 Å². The maximum atomic E-state index is 12.7. The molecule has 9 nitrogen and oxygen atoms in total. The normalized spacial score (nSPS) is 14.3. The summed E-state index contributed by atoms with van der Waals surface area (Å²) in [6, 6.07) is 11.8. The fraction of sp³-hybridized carbons (Fsp3) is 0.333. The van der Waals surface area contributed by atoms with Crippen molar-refractivity contribution in [2.24, 2.45) is 0 Å². The third-order valence-corrected chi connectivity index (χ3v) is 6.04. The Kier molecular flexibility index (Phi) is 6.41. The van der Waals surface area contributed by atoms with Gasteiger partial charge in [0, 0.05) is 48.9 Å². The summed E-state index contributed by atoms with van der Waals surface area (Å²) in [6.45, 7) is 9.25. The number of benzene rings is 2. The lowest BCUT2D eigenvalue weighted by atomic mass is 10.1. The van der Waals surface area contributed by atoms with Crippen molar-refractivity contribution in [1.29, 1.82) is 0 Å². The number of carbonyl (C=O) groups is 1. The van der Waals surface area contributed by atoms with Crippen LogP contribution in [0.4, 0.5) is 17.2 Å². The highest BCUT2D eigenvalue weighted by molar-refractivity contribution is 6.05. The fourth-order valence-electron chi connectivity index (χ4n) is 4.09. The standard InChI is InChI=1S/C24H27N5O4/c1-4-27-9-11-28(12-10-27)23-13-16(2)19-15-18(6-7-20(19)26-23)25-24(30)17-5-8-22(33-3)21(14-17)29(31)32/h5-8,13-15H,4,9-12H2,1-3H3,(H,25,30). The van der Waals surface area contributed by atoms with E-state index in [1.165, 1.54) is 25.3 Å². The maximum absolute atomic E-state index is 12.7. The van der Waals surface area contributed by atoms with Crippen molar-refractivity contribution in [1.82, 2.24) is 9.88 Å². The van der Waals surface area contributed by atoms with E-state index in [9.17, 15) is 14.9 Å². The van der Waals surface area contributed by atoms with Crippen molar-refractivity contribution in [3.8, 4) is 5.75 Å². The summed E-state index contributed by atoms with van der Waals surface area (Å²) < 4.78 is 5.00. The van der Waals surface area contributed by atoms with Gasteiger partial charge in [0.1, 0.15) is 5.82 Å². The van der Waals surface area contributed by atoms with E-state index in [0.717, 1.165) is 55.0 Å². The van der Waals surface area contributed by atoms with Crippen LogP contribution in [0.5, 0.6) is 5.75 Å². The highest BCUT2D eigenvalue weighted by Gasteiger charge is 2.20. The number of fused-ring (bicyclic) bond motifs is 1. The molecule has 0 atom stereocenters. The number of hydrogen-bond donors (Lipinski definition) is 1. The minimum absolute atomic E-state index is 0.107. The molecule has 2 aromatic carbocycles. The molecule has 0 radical (unpaired) electrons. The van der Waals surface area contributed by atoms with Gasteiger partial charge in [-0.25, -0.2) is 4.98 Å². The average molecular weight is 450 g/mol. The molecule has 0 unspecified atom stereocenters. The number of pyridine rings is 1. The van der Waals surface area contributed by atoms with E-state index in [1.807, 2.05) is 19.1 Å². The number of ether oxygens (including phenoxy) is 1. The van der Waals surface area contributed by atoms with Crippen LogP contribution in [-0.4, -0.2) is 60.5 Å². The Morgan fingerprint density at radius 3 is 2.58 bits per heavy atom. The molecule has 0 aliphatic carbocycles. The monoisotopic (exact) mass is 449 g/mol. The number of aryl methyl sites for hydroxylation is 1. The SMILES string of the molecule is CCN1CCN(c2cc(C)c3cc(NC(=O)c4ccc(OC)c([N+](=O)[O-])c4)ccc3n2)CC1. The van der Waals surface area contributed by atoms with E-state index in [4.69, 9.17) is 9.72 Å². The Balaban J connectivity index is 1.55. The molecule has 1 N–H and O–H groups in total. The van der Waals surface area contributed by atoms with E-state index >= 15 is 0 Å². The van der Waals surface area contributed by atoms with E-state index in [2.05, 4.69) is 28.1 Å². The summed E-state index contributed by atoms with van der Waals surface area (Å²) in [7, 11) is 1.35. The minimum Gasteiger partial charge on any atom is -0.490 e. The van der Waals surface area contributed by atoms with Crippen LogP contribution in [0, 0.1) is 17.0 Å². The molecule has 1 saturated heterocycles. The predicted octanol–water partition coefficient (Wildman–Crippen LogP) is 3.85. The van der Waals surface area contributed by atoms with Crippen LogP contribution >= 0.6 is 0 Å². The number of aromatic nitrogens is 1. The smallest absolute Gasteiger partial charge is 0.311 e. The number of nitrogens with one attached hydrogen (secondary N) is 1. The zero-order valence-electron chi connectivity index (χ0n) is 19.0. The van der Waals surface area contributed by atoms with Crippen molar-refractivity contribution in [3.63, 3.8) is 0 Å². The van der Waals surface area contributed by atoms with Gasteiger partial charge in [0.2, 0.25) is 0 Å². The number of hydrogen-bond acceptors (Lipinski definition) is 7. The molecule has 0 spiro atoms. The van der Waals surface area contributed by atoms with Gasteiger partial charge in [0.05, 0.1) is 17.5 Å². The number of methoxy groups -OCH3 is 1. The van der Waals surface area contributed by atoms with Gasteiger partial charge in [-0.15, -0.1) is 0 Å². The van der Waals surface area contributed by atoms with Crippen LogP contribution in [0.3, 0.4) is 0 Å². The van der Waals surface area contributed by atoms with E-state index in [1.54, 1.807) is 6.07 Å². The zero-order valence-corrected chi connectivity index (χ0v) is 19.0. The molecule has 0 saturated carbocycles. The Morgan fingerprint density at radius 1 is 1.15 bits per heavy atom. The van der Waals surface area contributed by atoms with Gasteiger partial charge in [-0.3, -0.25) is 14.9 Å². The third-order valence-electron chi connectivity index (χ3n) is 6.04. The van der Waals surface area contributed by atoms with Gasteiger partial charge in [0.25, 0.3) is 5.91 Å². The zero-order chi connectivity index (χ0) is 23.5. The summed E-state index contributed by atoms with van der Waals surface area (Å²) >= 11 is 0. The Bertz CT molecular complexity index is 1200. The van der Waals surface area contributed by atoms with Crippen LogP contribution in [0.25, 0.3) is 10.9 Å². The molecule has 0 bridgehead atoms. The van der Waals surface area contributed by atoms with Crippen molar-refractivity contribution >= 4 is 34.0 Å². The lowest BCUT2D eigenvalue weighted by Gasteiger charge is -2.35. The van der Waals surface area contributed by atoms with Crippen LogP contribution in [0.2, 0.25) is 0 Å². The lowest BCUT2D eigenvalue weighted by Crippen LogP contribution is -2.46. The van der Waals surface area contributed by atoms with E-state index in [-0.39, 0.29) is 17.0 Å². The van der Waals surface area contributed by atoms with E-state index < -0.39 is 10.8 Å². The number of rotatable bonds is 6. The van der Waals surface area contributed by atoms with Crippen LogP contribution in [-0.2, 0) is 0 Å². The molecule has 1 fully saturated rings. The molecule has 9 heteroatoms. The van der Waals surface area contributed by atoms with Crippen LogP contribution in [0.1, 0.15) is 22.8 Å². The second-order valence-corrected chi connectivity index (χ2v) is 8.05. The summed E-state index contributed by atoms with van der Waals surface area (Å²) in [5.41, 5.74) is 2.46. The predicted molar refractivity (Wildman–Crippen MR) is 128 cm³/mol. The number of likely N-dealkylation sites (N-methyl/N-ethyl adjacent to an activating group) is 1. The van der Waals surface area contributed by atoms with Gasteiger partial charge in [0.15, 0.2) is 5.75 Å². The molecule has 2 heterocycles. The molecule has 1 amide bonds. The minimum atomic E-state index is -0.569. The summed E-state index contributed by atoms with van der Waals surface area (Å²) in [6.07, 6.45) is 0. The second-order valence-electron chi connectivity index (χ2n) is 8.05. The number of piperazine rings is 1. The Morgan fingerprint density at radius 2 is 1.91 bits per heavy atom. The lowest BCUT2D eigenvalue weighted by molar-refractivity contribution is -0.385. The molecule has 1 aromatic heterocycles. The van der Waals surface area contributed by atoms with Gasteiger partial charge < -0.3 is 19.9 Å². The highest BCUT2D eigenvalue weighted by atomic mass is 16.6. The first kappa shape index (κ1) is 22.5. The second kappa shape index (κ2) is 9.41. The van der Waals surface area contributed by atoms with Gasteiger partial charge in [-0.1, -0.05) is 6.92 Å². The van der Waals surface area contributed by atoms with Gasteiger partial charge in [-0.2, -0.15) is 0 Å². The van der Waals surface area contributed by atoms with Crippen LogP contribution < -0.4 is 15.0 Å². The Labute approximate surface area is 192 Å². The number of amides is 1. The molecule has 1 aliphatic rings. The van der Waals surface area contributed by atoms with Crippen molar-refractivity contribution in [3.05, 3.63) is 63.7 Å². The largest absolute Gasteiger partial charge is 0.490 e. The molecule has 33 heavy (non-hydrogen) atoms. The number of nitro benzene ring substituents is 1. The molecular weight excluding hydrogens is 422 g/mol. The number of nitrogens with zero attached hydrogens (tertiary/aromatic N) is 4. The third kappa shape index (κ3) is 4.73. The van der Waals surface area contributed by atoms with Crippen molar-refractivity contribution < 1.29 is 14.5 Å². The van der Waals surface area contributed by atoms with Crippen molar-refractivity contribution in [2.75, 3.05) is 50.1 Å². The number of carbonyl (C=O) groups excluding carboxylic acids is 1. The molecule has 3 aromatic rings. The first-order valence-electron chi connectivity index (χ1n) is 10.9. The maximum Gasteiger partial charge on any atom is 0.311 e. The number of anilines is 2. The fourth-order valence-corrected chi connectivity index (χ4v) is 4.09. The molecule has 4 rings (SSSR count). The number of nitro groups is 1. The van der Waals surface area contributed by atoms with Crippen LogP contribution in [0.15, 0.2) is 42.5 Å². The Hall–Kier alpha value is -3.72. The van der Waals surface area contributed by atoms with Gasteiger partial charge >= 0.3 is 5.69 Å². The average Bonchev–Trinajstić information content (AvgIpc) is 2.83. The highest BCUT2D eigenvalue weighted by Crippen LogP contribution is 2.29. The summed E-state index contributed by atoms with van der Waals surface area (Å²) in [5, 5.41) is 15.0. The first-order valence-corrected chi connectivity index (χ1v) is 10.9. The topological polar surface area (TPSA) is 101 Å². The van der Waals surface area contributed by atoms with Crippen molar-refractivity contribution in [2.45, 2.75) is 13.8 Å². The van der Waals surface area contributed by atoms with E-state index in [0.29, 0.717) is 5.69 Å². The molecular formula is C24H27N5O4. The molecule has 172 valence electrons. The summed E-state index contributed by atoms with van der Waals surface area (Å²) in [4.78, 5) is 33.0. The first-order chi connectivity index (χ1) is 15.9. The summed E-state index contributed by atoms with van der Waals surface area (Å²) in [5.74, 6) is 0.644.